The van der Waals surface area contributed by atoms with E-state index in [9.17, 15) is 9.90 Å². The van der Waals surface area contributed by atoms with Crippen molar-refractivity contribution in [2.24, 2.45) is 5.92 Å². The van der Waals surface area contributed by atoms with Crippen LogP contribution in [0.15, 0.2) is 24.3 Å². The van der Waals surface area contributed by atoms with Gasteiger partial charge in [-0.3, -0.25) is 0 Å². The van der Waals surface area contributed by atoms with Crippen molar-refractivity contribution >= 4 is 5.97 Å². The molecule has 0 radical (unpaired) electrons. The van der Waals surface area contributed by atoms with Crippen molar-refractivity contribution < 1.29 is 9.90 Å². The van der Waals surface area contributed by atoms with Gasteiger partial charge in [0.1, 0.15) is 0 Å². The van der Waals surface area contributed by atoms with Crippen LogP contribution in [0, 0.1) is 12.8 Å². The van der Waals surface area contributed by atoms with Gasteiger partial charge in [0.2, 0.25) is 0 Å². The zero-order chi connectivity index (χ0) is 15.6. The van der Waals surface area contributed by atoms with Crippen molar-refractivity contribution in [3.63, 3.8) is 0 Å². The van der Waals surface area contributed by atoms with Crippen LogP contribution in [-0.4, -0.2) is 20.9 Å². The average Bonchev–Trinajstić information content (AvgIpc) is 2.81. The first-order valence-electron chi connectivity index (χ1n) is 7.35. The molecule has 0 aliphatic rings. The largest absolute Gasteiger partial charge is 0.476 e. The molecule has 112 valence electrons. The van der Waals surface area contributed by atoms with Crippen molar-refractivity contribution in [2.45, 2.75) is 40.5 Å². The summed E-state index contributed by atoms with van der Waals surface area (Å²) < 4.78 is 1.82. The van der Waals surface area contributed by atoms with Gasteiger partial charge in [0.15, 0.2) is 5.69 Å². The van der Waals surface area contributed by atoms with E-state index < -0.39 is 5.97 Å². The summed E-state index contributed by atoms with van der Waals surface area (Å²) in [5.41, 5.74) is 4.37. The number of benzene rings is 1. The van der Waals surface area contributed by atoms with Gasteiger partial charge < -0.3 is 5.11 Å². The number of aromatic carboxylic acids is 1. The first kappa shape index (κ1) is 15.3. The summed E-state index contributed by atoms with van der Waals surface area (Å²) >= 11 is 0. The minimum absolute atomic E-state index is 0.107. The van der Waals surface area contributed by atoms with Crippen LogP contribution in [0.25, 0.3) is 5.69 Å². The molecule has 0 bridgehead atoms. The third-order valence-electron chi connectivity index (χ3n) is 3.53. The predicted octanol–water partition coefficient (Wildman–Crippen LogP) is 3.64. The average molecular weight is 286 g/mol. The van der Waals surface area contributed by atoms with E-state index in [0.29, 0.717) is 5.92 Å². The molecule has 0 saturated heterocycles. The van der Waals surface area contributed by atoms with Crippen molar-refractivity contribution in [3.05, 3.63) is 46.8 Å². The number of hydrogen-bond acceptors (Lipinski definition) is 2. The van der Waals surface area contributed by atoms with Crippen LogP contribution < -0.4 is 0 Å². The summed E-state index contributed by atoms with van der Waals surface area (Å²) in [7, 11) is 0. The Hall–Kier alpha value is -2.10. The van der Waals surface area contributed by atoms with Crippen LogP contribution in [0.1, 0.15) is 48.1 Å². The molecule has 2 rings (SSSR count). The van der Waals surface area contributed by atoms with E-state index in [0.717, 1.165) is 29.8 Å². The molecule has 1 N–H and O–H groups in total. The Balaban J connectivity index is 2.64. The van der Waals surface area contributed by atoms with Gasteiger partial charge >= 0.3 is 5.97 Å². The topological polar surface area (TPSA) is 55.1 Å². The van der Waals surface area contributed by atoms with E-state index in [1.165, 1.54) is 5.56 Å². The van der Waals surface area contributed by atoms with Crippen molar-refractivity contribution in [1.82, 2.24) is 9.78 Å². The second-order valence-corrected chi connectivity index (χ2v) is 5.77. The van der Waals surface area contributed by atoms with E-state index in [1.807, 2.05) is 23.7 Å². The van der Waals surface area contributed by atoms with E-state index in [4.69, 9.17) is 0 Å². The summed E-state index contributed by atoms with van der Waals surface area (Å²) in [6.07, 6.45) is 1.69. The van der Waals surface area contributed by atoms with Gasteiger partial charge in [-0.2, -0.15) is 5.10 Å². The molecule has 4 nitrogen and oxygen atoms in total. The first-order valence-corrected chi connectivity index (χ1v) is 7.35. The van der Waals surface area contributed by atoms with Crippen molar-refractivity contribution in [1.29, 1.82) is 0 Å². The van der Waals surface area contributed by atoms with Crippen molar-refractivity contribution in [2.75, 3.05) is 0 Å². The molecule has 0 aliphatic heterocycles. The van der Waals surface area contributed by atoms with Gasteiger partial charge in [0.25, 0.3) is 0 Å². The highest BCUT2D eigenvalue weighted by Gasteiger charge is 2.18. The summed E-state index contributed by atoms with van der Waals surface area (Å²) in [4.78, 5) is 11.2. The molecule has 0 spiro atoms. The van der Waals surface area contributed by atoms with Gasteiger partial charge in [0.05, 0.1) is 5.69 Å². The molecule has 1 aromatic carbocycles. The number of aromatic nitrogens is 2. The van der Waals surface area contributed by atoms with Crippen LogP contribution in [0.5, 0.6) is 0 Å². The molecule has 0 aliphatic carbocycles. The minimum Gasteiger partial charge on any atom is -0.476 e. The van der Waals surface area contributed by atoms with Gasteiger partial charge in [0, 0.05) is 5.69 Å². The molecule has 21 heavy (non-hydrogen) atoms. The number of carbonyl (C=O) groups is 1. The fourth-order valence-corrected chi connectivity index (χ4v) is 2.59. The highest BCUT2D eigenvalue weighted by atomic mass is 16.4. The standard InChI is InChI=1S/C17H22N2O2/c1-5-13-8-6-7-12(4)16(13)19-14(9-11(2)3)10-15(18-19)17(20)21/h6-8,10-11H,5,9H2,1-4H3,(H,20,21). The number of aryl methyl sites for hydroxylation is 2. The Morgan fingerprint density at radius 1 is 1.38 bits per heavy atom. The zero-order valence-corrected chi connectivity index (χ0v) is 13.1. The number of hydrogen-bond donors (Lipinski definition) is 1. The molecule has 0 fully saturated rings. The Labute approximate surface area is 125 Å². The zero-order valence-electron chi connectivity index (χ0n) is 13.1. The lowest BCUT2D eigenvalue weighted by atomic mass is 10.0. The van der Waals surface area contributed by atoms with E-state index in [2.05, 4.69) is 31.9 Å². The Morgan fingerprint density at radius 2 is 2.10 bits per heavy atom. The lowest BCUT2D eigenvalue weighted by Gasteiger charge is -2.15. The Morgan fingerprint density at radius 3 is 2.67 bits per heavy atom. The van der Waals surface area contributed by atoms with Gasteiger partial charge in [-0.15, -0.1) is 0 Å². The smallest absolute Gasteiger partial charge is 0.356 e. The molecule has 0 unspecified atom stereocenters. The van der Waals surface area contributed by atoms with E-state index in [1.54, 1.807) is 6.07 Å². The third-order valence-corrected chi connectivity index (χ3v) is 3.53. The second kappa shape index (κ2) is 6.12. The quantitative estimate of drug-likeness (QED) is 0.913. The highest BCUT2D eigenvalue weighted by molar-refractivity contribution is 5.85. The lowest BCUT2D eigenvalue weighted by Crippen LogP contribution is -2.10. The van der Waals surface area contributed by atoms with Crippen LogP contribution in [0.3, 0.4) is 0 Å². The molecular formula is C17H22N2O2. The highest BCUT2D eigenvalue weighted by Crippen LogP contribution is 2.23. The van der Waals surface area contributed by atoms with Crippen LogP contribution in [-0.2, 0) is 12.8 Å². The Kier molecular flexibility index (Phi) is 4.46. The number of rotatable bonds is 5. The van der Waals surface area contributed by atoms with Gasteiger partial charge in [-0.05, 0) is 42.9 Å². The van der Waals surface area contributed by atoms with Gasteiger partial charge in [-0.25, -0.2) is 9.48 Å². The normalized spacial score (nSPS) is 11.1. The molecule has 0 saturated carbocycles. The second-order valence-electron chi connectivity index (χ2n) is 5.77. The van der Waals surface area contributed by atoms with E-state index >= 15 is 0 Å². The fraction of sp³-hybridized carbons (Fsp3) is 0.412. The number of nitrogens with zero attached hydrogens (tertiary/aromatic N) is 2. The summed E-state index contributed by atoms with van der Waals surface area (Å²) in [6, 6.07) is 7.83. The lowest BCUT2D eigenvalue weighted by molar-refractivity contribution is 0.0690. The van der Waals surface area contributed by atoms with Crippen molar-refractivity contribution in [3.8, 4) is 5.69 Å². The summed E-state index contributed by atoms with van der Waals surface area (Å²) in [5.74, 6) is -0.540. The van der Waals surface area contributed by atoms with Crippen LogP contribution in [0.2, 0.25) is 0 Å². The molecule has 1 aromatic heterocycles. The molecule has 1 heterocycles. The summed E-state index contributed by atoms with van der Waals surface area (Å²) in [6.45, 7) is 8.38. The fourth-order valence-electron chi connectivity index (χ4n) is 2.59. The van der Waals surface area contributed by atoms with E-state index in [-0.39, 0.29) is 5.69 Å². The third kappa shape index (κ3) is 3.15. The number of carboxylic acid groups (broad SMARTS) is 1. The maximum Gasteiger partial charge on any atom is 0.356 e. The molecular weight excluding hydrogens is 264 g/mol. The number of carboxylic acids is 1. The maximum atomic E-state index is 11.2. The number of para-hydroxylation sites is 1. The Bertz CT molecular complexity index is 657. The monoisotopic (exact) mass is 286 g/mol. The van der Waals surface area contributed by atoms with Crippen LogP contribution in [0.4, 0.5) is 0 Å². The predicted molar refractivity (Wildman–Crippen MR) is 83.2 cm³/mol. The molecule has 0 amide bonds. The van der Waals surface area contributed by atoms with Gasteiger partial charge in [-0.1, -0.05) is 39.0 Å². The van der Waals surface area contributed by atoms with Crippen LogP contribution >= 0.6 is 0 Å². The minimum atomic E-state index is -0.981. The molecule has 4 heteroatoms. The SMILES string of the molecule is CCc1cccc(C)c1-n1nc(C(=O)O)cc1CC(C)C. The molecule has 0 atom stereocenters. The maximum absolute atomic E-state index is 11.2. The molecule has 2 aromatic rings. The first-order chi connectivity index (χ1) is 9.93. The summed E-state index contributed by atoms with van der Waals surface area (Å²) in [5, 5.41) is 13.5.